The number of rotatable bonds is 4. The Balaban J connectivity index is 1.68. The number of carbonyl (C=O) groups excluding carboxylic acids is 1. The van der Waals surface area contributed by atoms with Crippen molar-refractivity contribution in [3.8, 4) is 5.75 Å². The molecule has 2 aromatic rings. The number of hydrogen-bond donors (Lipinski definition) is 1. The van der Waals surface area contributed by atoms with Crippen LogP contribution in [0.15, 0.2) is 42.5 Å². The number of carbonyl (C=O) groups is 1. The van der Waals surface area contributed by atoms with Crippen LogP contribution in [0.25, 0.3) is 0 Å². The van der Waals surface area contributed by atoms with Crippen molar-refractivity contribution in [2.75, 3.05) is 23.9 Å². The molecule has 1 heterocycles. The van der Waals surface area contributed by atoms with E-state index in [1.165, 1.54) is 24.9 Å². The Morgan fingerprint density at radius 2 is 1.96 bits per heavy atom. The molecule has 0 radical (unpaired) electrons. The third-order valence-corrected chi connectivity index (χ3v) is 4.97. The molecule has 5 heteroatoms. The minimum atomic E-state index is -0.191. The fourth-order valence-electron chi connectivity index (χ4n) is 3.23. The van der Waals surface area contributed by atoms with Crippen molar-refractivity contribution >= 4 is 28.9 Å². The van der Waals surface area contributed by atoms with Gasteiger partial charge in [-0.3, -0.25) is 4.79 Å². The molecule has 1 fully saturated rings. The Labute approximate surface area is 153 Å². The number of hydrogen-bond acceptors (Lipinski definition) is 3. The van der Waals surface area contributed by atoms with Crippen molar-refractivity contribution in [3.63, 3.8) is 0 Å². The van der Waals surface area contributed by atoms with Crippen molar-refractivity contribution < 1.29 is 9.53 Å². The number of benzene rings is 2. The molecular formula is C20H23ClN2O2. The summed E-state index contributed by atoms with van der Waals surface area (Å²) < 4.78 is 5.11. The first-order chi connectivity index (χ1) is 12.1. The lowest BCUT2D eigenvalue weighted by Gasteiger charge is -2.35. The van der Waals surface area contributed by atoms with Gasteiger partial charge in [-0.2, -0.15) is 0 Å². The van der Waals surface area contributed by atoms with Gasteiger partial charge in [-0.05, 0) is 68.7 Å². The summed E-state index contributed by atoms with van der Waals surface area (Å²) in [6.45, 7) is 3.36. The largest absolute Gasteiger partial charge is 0.495 e. The van der Waals surface area contributed by atoms with E-state index in [4.69, 9.17) is 16.3 Å². The third kappa shape index (κ3) is 4.07. The van der Waals surface area contributed by atoms with Crippen molar-refractivity contribution in [1.29, 1.82) is 0 Å². The van der Waals surface area contributed by atoms with Crippen LogP contribution in [0.1, 0.15) is 36.5 Å². The first kappa shape index (κ1) is 17.6. The molecule has 0 saturated carbocycles. The van der Waals surface area contributed by atoms with Gasteiger partial charge in [0.05, 0.1) is 12.1 Å². The van der Waals surface area contributed by atoms with Crippen LogP contribution in [0.5, 0.6) is 5.75 Å². The predicted octanol–water partition coefficient (Wildman–Crippen LogP) is 4.98. The van der Waals surface area contributed by atoms with E-state index in [-0.39, 0.29) is 5.91 Å². The molecule has 0 spiro atoms. The number of ether oxygens (including phenoxy) is 1. The first-order valence-electron chi connectivity index (χ1n) is 8.60. The van der Waals surface area contributed by atoms with E-state index in [0.29, 0.717) is 22.4 Å². The fraction of sp³-hybridized carbons (Fsp3) is 0.350. The fourth-order valence-corrected chi connectivity index (χ4v) is 3.49. The summed E-state index contributed by atoms with van der Waals surface area (Å²) in [7, 11) is 1.55. The minimum absolute atomic E-state index is 0.191. The molecule has 1 aliphatic rings. The molecule has 4 nitrogen and oxygen atoms in total. The monoisotopic (exact) mass is 358 g/mol. The van der Waals surface area contributed by atoms with E-state index >= 15 is 0 Å². The normalized spacial score (nSPS) is 17.2. The maximum atomic E-state index is 12.4. The van der Waals surface area contributed by atoms with Gasteiger partial charge < -0.3 is 15.0 Å². The second kappa shape index (κ2) is 7.79. The lowest BCUT2D eigenvalue weighted by atomic mass is 10.0. The van der Waals surface area contributed by atoms with Crippen LogP contribution in [0, 0.1) is 0 Å². The van der Waals surface area contributed by atoms with Crippen LogP contribution in [0.2, 0.25) is 5.02 Å². The zero-order valence-electron chi connectivity index (χ0n) is 14.6. The lowest BCUT2D eigenvalue weighted by molar-refractivity contribution is 0.102. The Kier molecular flexibility index (Phi) is 5.49. The second-order valence-electron chi connectivity index (χ2n) is 6.39. The topological polar surface area (TPSA) is 41.6 Å². The van der Waals surface area contributed by atoms with E-state index in [0.717, 1.165) is 12.2 Å². The molecule has 3 rings (SSSR count). The molecule has 1 N–H and O–H groups in total. The van der Waals surface area contributed by atoms with Crippen molar-refractivity contribution in [1.82, 2.24) is 0 Å². The van der Waals surface area contributed by atoms with E-state index in [1.807, 2.05) is 12.1 Å². The van der Waals surface area contributed by atoms with Gasteiger partial charge in [-0.15, -0.1) is 0 Å². The molecule has 1 atom stereocenters. The lowest BCUT2D eigenvalue weighted by Crippen LogP contribution is -2.37. The van der Waals surface area contributed by atoms with Crippen LogP contribution >= 0.6 is 11.6 Å². The van der Waals surface area contributed by atoms with Crippen LogP contribution in [0.3, 0.4) is 0 Å². The second-order valence-corrected chi connectivity index (χ2v) is 6.80. The molecule has 25 heavy (non-hydrogen) atoms. The highest BCUT2D eigenvalue weighted by atomic mass is 35.5. The Bertz CT molecular complexity index is 746. The zero-order chi connectivity index (χ0) is 17.8. The molecule has 1 unspecified atom stereocenters. The highest BCUT2D eigenvalue weighted by Crippen LogP contribution is 2.27. The maximum Gasteiger partial charge on any atom is 0.255 e. The minimum Gasteiger partial charge on any atom is -0.495 e. The number of methoxy groups -OCH3 is 1. The van der Waals surface area contributed by atoms with E-state index in [1.54, 1.807) is 25.3 Å². The number of anilines is 2. The molecule has 1 amide bonds. The number of piperidine rings is 1. The van der Waals surface area contributed by atoms with Gasteiger partial charge in [0.2, 0.25) is 0 Å². The number of nitrogens with one attached hydrogen (secondary N) is 1. The summed E-state index contributed by atoms with van der Waals surface area (Å²) in [6, 6.07) is 13.6. The molecule has 0 bridgehead atoms. The Hall–Kier alpha value is -2.20. The first-order valence-corrected chi connectivity index (χ1v) is 8.98. The Morgan fingerprint density at radius 3 is 2.60 bits per heavy atom. The molecule has 0 aromatic heterocycles. The van der Waals surface area contributed by atoms with Crippen molar-refractivity contribution in [2.24, 2.45) is 0 Å². The summed E-state index contributed by atoms with van der Waals surface area (Å²) in [6.07, 6.45) is 3.77. The summed E-state index contributed by atoms with van der Waals surface area (Å²) >= 11 is 6.09. The summed E-state index contributed by atoms with van der Waals surface area (Å²) in [5.41, 5.74) is 2.47. The zero-order valence-corrected chi connectivity index (χ0v) is 15.3. The highest BCUT2D eigenvalue weighted by Gasteiger charge is 2.18. The Morgan fingerprint density at radius 1 is 1.20 bits per heavy atom. The number of nitrogens with zero attached hydrogens (tertiary/aromatic N) is 1. The van der Waals surface area contributed by atoms with Gasteiger partial charge in [0.25, 0.3) is 5.91 Å². The van der Waals surface area contributed by atoms with Crippen LogP contribution in [-0.4, -0.2) is 25.6 Å². The smallest absolute Gasteiger partial charge is 0.255 e. The van der Waals surface area contributed by atoms with Gasteiger partial charge in [0.1, 0.15) is 5.75 Å². The molecule has 2 aromatic carbocycles. The van der Waals surface area contributed by atoms with E-state index in [2.05, 4.69) is 29.3 Å². The molecule has 0 aliphatic carbocycles. The molecule has 1 aliphatic heterocycles. The van der Waals surface area contributed by atoms with Crippen LogP contribution in [0.4, 0.5) is 11.4 Å². The maximum absolute atomic E-state index is 12.4. The van der Waals surface area contributed by atoms with E-state index < -0.39 is 0 Å². The average molecular weight is 359 g/mol. The van der Waals surface area contributed by atoms with Crippen molar-refractivity contribution in [3.05, 3.63) is 53.1 Å². The van der Waals surface area contributed by atoms with Gasteiger partial charge in [0, 0.05) is 29.5 Å². The SMILES string of the molecule is COc1ccc(C(=O)Nc2ccc(N3CCCCC3C)cc2)cc1Cl. The summed E-state index contributed by atoms with van der Waals surface area (Å²) in [5, 5.41) is 3.33. The van der Waals surface area contributed by atoms with Crippen LogP contribution in [-0.2, 0) is 0 Å². The van der Waals surface area contributed by atoms with E-state index in [9.17, 15) is 4.79 Å². The van der Waals surface area contributed by atoms with Gasteiger partial charge in [-0.25, -0.2) is 0 Å². The van der Waals surface area contributed by atoms with Gasteiger partial charge in [0.15, 0.2) is 0 Å². The third-order valence-electron chi connectivity index (χ3n) is 4.67. The highest BCUT2D eigenvalue weighted by molar-refractivity contribution is 6.32. The molecular weight excluding hydrogens is 336 g/mol. The summed E-state index contributed by atoms with van der Waals surface area (Å²) in [5.74, 6) is 0.363. The molecule has 132 valence electrons. The van der Waals surface area contributed by atoms with Gasteiger partial charge >= 0.3 is 0 Å². The summed E-state index contributed by atoms with van der Waals surface area (Å²) in [4.78, 5) is 14.8. The average Bonchev–Trinajstić information content (AvgIpc) is 2.63. The van der Waals surface area contributed by atoms with Gasteiger partial charge in [-0.1, -0.05) is 11.6 Å². The quantitative estimate of drug-likeness (QED) is 0.838. The van der Waals surface area contributed by atoms with Crippen molar-refractivity contribution in [2.45, 2.75) is 32.2 Å². The predicted molar refractivity (Wildman–Crippen MR) is 103 cm³/mol. The molecule has 1 saturated heterocycles. The van der Waals surface area contributed by atoms with Crippen LogP contribution < -0.4 is 15.0 Å². The number of amides is 1. The number of halogens is 1. The standard InChI is InChI=1S/C20H23ClN2O2/c1-14-5-3-4-12-23(14)17-9-7-16(8-10-17)22-20(24)15-6-11-19(25-2)18(21)13-15/h6-11,13-14H,3-5,12H2,1-2H3,(H,22,24).